The summed E-state index contributed by atoms with van der Waals surface area (Å²) in [6.07, 6.45) is -9.86. The lowest BCUT2D eigenvalue weighted by molar-refractivity contribution is -0.275. The van der Waals surface area contributed by atoms with E-state index in [2.05, 4.69) is 9.47 Å². The van der Waals surface area contributed by atoms with E-state index < -0.39 is 24.2 Å². The highest BCUT2D eigenvalue weighted by molar-refractivity contribution is 5.85. The molecule has 150 valence electrons. The molecule has 11 heteroatoms. The fraction of sp³-hybridized carbons (Fsp3) is 0.250. The van der Waals surface area contributed by atoms with E-state index in [1.807, 2.05) is 0 Å². The second-order valence-electron chi connectivity index (χ2n) is 4.92. The highest BCUT2D eigenvalue weighted by atomic mass is 35.5. The largest absolute Gasteiger partial charge is 0.573 e. The lowest BCUT2D eigenvalue weighted by Crippen LogP contribution is -2.18. The summed E-state index contributed by atoms with van der Waals surface area (Å²) in [5.41, 5.74) is 5.62. The Hall–Kier alpha value is -2.33. The van der Waals surface area contributed by atoms with Crippen LogP contribution in [0.4, 0.5) is 26.3 Å². The molecule has 27 heavy (non-hydrogen) atoms. The summed E-state index contributed by atoms with van der Waals surface area (Å²) < 4.78 is 87.5. The first-order chi connectivity index (χ1) is 12.1. The predicted octanol–water partition coefficient (Wildman–Crippen LogP) is 4.91. The Balaban J connectivity index is 0.00000364. The Labute approximate surface area is 156 Å². The van der Waals surface area contributed by atoms with Gasteiger partial charge in [-0.1, -0.05) is 18.2 Å². The molecule has 0 aliphatic rings. The molecule has 0 bridgehead atoms. The number of halogens is 7. The molecule has 2 N–H and O–H groups in total. The summed E-state index contributed by atoms with van der Waals surface area (Å²) >= 11 is 0. The third kappa shape index (κ3) is 7.43. The van der Waals surface area contributed by atoms with Crippen molar-refractivity contribution in [3.05, 3.63) is 42.5 Å². The van der Waals surface area contributed by atoms with Crippen molar-refractivity contribution in [2.24, 2.45) is 5.73 Å². The molecule has 2 rings (SSSR count). The standard InChI is InChI=1S/C16H13F6NO3.ClH/c17-15(18,19)25-12-3-1-2-10(8-12)11-4-5-13(24-7-6-23)14(9-11)26-16(20,21)22;/h1-5,8-9H,6-7,23H2;1H. The van der Waals surface area contributed by atoms with Crippen LogP contribution in [0.2, 0.25) is 0 Å². The van der Waals surface area contributed by atoms with E-state index in [9.17, 15) is 26.3 Å². The van der Waals surface area contributed by atoms with Gasteiger partial charge < -0.3 is 19.9 Å². The minimum Gasteiger partial charge on any atom is -0.488 e. The Morgan fingerprint density at radius 3 is 2.00 bits per heavy atom. The summed E-state index contributed by atoms with van der Waals surface area (Å²) in [6.45, 7) is 0.0342. The van der Waals surface area contributed by atoms with Gasteiger partial charge in [-0.2, -0.15) is 0 Å². The highest BCUT2D eigenvalue weighted by Gasteiger charge is 2.33. The van der Waals surface area contributed by atoms with Gasteiger partial charge in [0.25, 0.3) is 0 Å². The first-order valence-electron chi connectivity index (χ1n) is 7.16. The van der Waals surface area contributed by atoms with Crippen LogP contribution in [0.3, 0.4) is 0 Å². The van der Waals surface area contributed by atoms with Gasteiger partial charge in [0.15, 0.2) is 11.5 Å². The number of hydrogen-bond donors (Lipinski definition) is 1. The third-order valence-corrected chi connectivity index (χ3v) is 2.95. The smallest absolute Gasteiger partial charge is 0.488 e. The van der Waals surface area contributed by atoms with Crippen LogP contribution < -0.4 is 19.9 Å². The van der Waals surface area contributed by atoms with Crippen LogP contribution in [0.1, 0.15) is 0 Å². The van der Waals surface area contributed by atoms with E-state index in [0.717, 1.165) is 18.2 Å². The normalized spacial score (nSPS) is 11.5. The summed E-state index contributed by atoms with van der Waals surface area (Å²) in [5.74, 6) is -1.33. The van der Waals surface area contributed by atoms with Gasteiger partial charge in [-0.05, 0) is 35.4 Å². The summed E-state index contributed by atoms with van der Waals surface area (Å²) in [4.78, 5) is 0. The summed E-state index contributed by atoms with van der Waals surface area (Å²) in [6, 6.07) is 8.40. The van der Waals surface area contributed by atoms with Crippen LogP contribution in [0.25, 0.3) is 11.1 Å². The number of nitrogens with two attached hydrogens (primary N) is 1. The molecule has 0 fully saturated rings. The number of rotatable bonds is 6. The Morgan fingerprint density at radius 1 is 0.778 bits per heavy atom. The van der Waals surface area contributed by atoms with Gasteiger partial charge >= 0.3 is 12.7 Å². The molecule has 0 radical (unpaired) electrons. The van der Waals surface area contributed by atoms with Gasteiger partial charge in [0.05, 0.1) is 0 Å². The summed E-state index contributed by atoms with van der Waals surface area (Å²) in [7, 11) is 0. The van der Waals surface area contributed by atoms with E-state index in [1.165, 1.54) is 24.3 Å². The second kappa shape index (κ2) is 9.05. The molecular formula is C16H14ClF6NO3. The minimum atomic E-state index is -4.97. The first-order valence-corrected chi connectivity index (χ1v) is 7.16. The molecule has 0 saturated carbocycles. The minimum absolute atomic E-state index is 0. The average molecular weight is 418 g/mol. The molecule has 0 aromatic heterocycles. The quantitative estimate of drug-likeness (QED) is 0.679. The predicted molar refractivity (Wildman–Crippen MR) is 87.0 cm³/mol. The molecular weight excluding hydrogens is 404 g/mol. The number of benzene rings is 2. The summed E-state index contributed by atoms with van der Waals surface area (Å²) in [5, 5.41) is 0. The third-order valence-electron chi connectivity index (χ3n) is 2.95. The fourth-order valence-electron chi connectivity index (χ4n) is 2.05. The van der Waals surface area contributed by atoms with Crippen molar-refractivity contribution in [2.75, 3.05) is 13.2 Å². The van der Waals surface area contributed by atoms with Crippen LogP contribution in [0.15, 0.2) is 42.5 Å². The van der Waals surface area contributed by atoms with E-state index in [4.69, 9.17) is 10.5 Å². The average Bonchev–Trinajstić information content (AvgIpc) is 2.51. The van der Waals surface area contributed by atoms with E-state index in [0.29, 0.717) is 0 Å². The van der Waals surface area contributed by atoms with Crippen LogP contribution in [-0.4, -0.2) is 25.9 Å². The fourth-order valence-corrected chi connectivity index (χ4v) is 2.05. The maximum Gasteiger partial charge on any atom is 0.573 e. The maximum atomic E-state index is 12.6. The van der Waals surface area contributed by atoms with Gasteiger partial charge in [0, 0.05) is 6.54 Å². The van der Waals surface area contributed by atoms with E-state index in [1.54, 1.807) is 0 Å². The lowest BCUT2D eigenvalue weighted by atomic mass is 10.0. The second-order valence-corrected chi connectivity index (χ2v) is 4.92. The zero-order chi connectivity index (χ0) is 19.4. The number of hydrogen-bond acceptors (Lipinski definition) is 4. The molecule has 4 nitrogen and oxygen atoms in total. The van der Waals surface area contributed by atoms with Crippen molar-refractivity contribution in [3.63, 3.8) is 0 Å². The SMILES string of the molecule is Cl.NCCOc1ccc(-c2cccc(OC(F)(F)F)c2)cc1OC(F)(F)F. The molecule has 0 aliphatic heterocycles. The first kappa shape index (κ1) is 22.7. The zero-order valence-electron chi connectivity index (χ0n) is 13.4. The van der Waals surface area contributed by atoms with Gasteiger partial charge in [0.2, 0.25) is 0 Å². The molecule has 0 spiro atoms. The zero-order valence-corrected chi connectivity index (χ0v) is 14.3. The number of ether oxygens (including phenoxy) is 3. The van der Waals surface area contributed by atoms with Crippen molar-refractivity contribution in [3.8, 4) is 28.4 Å². The molecule has 2 aromatic carbocycles. The lowest BCUT2D eigenvalue weighted by Gasteiger charge is -2.15. The van der Waals surface area contributed by atoms with Gasteiger partial charge in [-0.25, -0.2) is 0 Å². The van der Waals surface area contributed by atoms with Crippen molar-refractivity contribution >= 4 is 12.4 Å². The van der Waals surface area contributed by atoms with Crippen LogP contribution >= 0.6 is 12.4 Å². The van der Waals surface area contributed by atoms with E-state index >= 15 is 0 Å². The van der Waals surface area contributed by atoms with Crippen molar-refractivity contribution in [1.29, 1.82) is 0 Å². The van der Waals surface area contributed by atoms with Gasteiger partial charge in [-0.15, -0.1) is 38.7 Å². The molecule has 0 aliphatic carbocycles. The molecule has 0 heterocycles. The molecule has 0 unspecified atom stereocenters. The molecule has 0 amide bonds. The molecule has 2 aromatic rings. The monoisotopic (exact) mass is 417 g/mol. The van der Waals surface area contributed by atoms with Crippen LogP contribution in [0.5, 0.6) is 17.2 Å². The molecule has 0 saturated heterocycles. The van der Waals surface area contributed by atoms with Gasteiger partial charge in [-0.3, -0.25) is 0 Å². The highest BCUT2D eigenvalue weighted by Crippen LogP contribution is 2.37. The van der Waals surface area contributed by atoms with Crippen molar-refractivity contribution in [1.82, 2.24) is 0 Å². The molecule has 0 atom stereocenters. The maximum absolute atomic E-state index is 12.6. The Morgan fingerprint density at radius 2 is 1.41 bits per heavy atom. The Bertz CT molecular complexity index is 752. The van der Waals surface area contributed by atoms with Crippen molar-refractivity contribution in [2.45, 2.75) is 12.7 Å². The van der Waals surface area contributed by atoms with E-state index in [-0.39, 0.29) is 42.4 Å². The van der Waals surface area contributed by atoms with Crippen LogP contribution in [0, 0.1) is 0 Å². The number of alkyl halides is 6. The Kier molecular flexibility index (Phi) is 7.61. The van der Waals surface area contributed by atoms with Crippen molar-refractivity contribution < 1.29 is 40.6 Å². The topological polar surface area (TPSA) is 53.7 Å². The van der Waals surface area contributed by atoms with Crippen LogP contribution in [-0.2, 0) is 0 Å². The van der Waals surface area contributed by atoms with Gasteiger partial charge in [0.1, 0.15) is 12.4 Å².